The number of benzene rings is 2. The fraction of sp³-hybridized carbons (Fsp3) is 0.393. The van der Waals surface area contributed by atoms with Gasteiger partial charge in [-0.05, 0) is 52.8 Å². The van der Waals surface area contributed by atoms with Gasteiger partial charge in [0.15, 0.2) is 11.6 Å². The first-order valence-electron chi connectivity index (χ1n) is 13.3. The van der Waals surface area contributed by atoms with Gasteiger partial charge in [0.05, 0.1) is 23.7 Å². The molecule has 41 heavy (non-hydrogen) atoms. The zero-order valence-electron chi connectivity index (χ0n) is 23.7. The molecule has 2 aromatic heterocycles. The number of nitrogen functional groups attached to an aromatic ring is 1. The van der Waals surface area contributed by atoms with Gasteiger partial charge >= 0.3 is 13.7 Å². The molecule has 0 fully saturated rings. The molecule has 0 spiro atoms. The number of nitrogens with zero attached hydrogens (tertiary/aromatic N) is 3. The minimum atomic E-state index is -4.39. The highest BCUT2D eigenvalue weighted by molar-refractivity contribution is 7.52. The van der Waals surface area contributed by atoms with E-state index in [0.717, 1.165) is 5.39 Å². The van der Waals surface area contributed by atoms with Crippen molar-refractivity contribution >= 4 is 41.5 Å². The molecular formula is C28H36N5O7P. The zero-order chi connectivity index (χ0) is 29.8. The predicted molar refractivity (Wildman–Crippen MR) is 155 cm³/mol. The SMILES string of the molecule is CCOCc1nc2c(N)nc3ccccc3c2n1CC(C)(O)O[P@@](=O)(N[C@@H](C)C(=O)OC(C)C)Oc1ccccc1. The number of nitrogens with two attached hydrogens (primary N) is 1. The third-order valence-corrected chi connectivity index (χ3v) is 7.71. The lowest BCUT2D eigenvalue weighted by molar-refractivity contribution is -0.150. The standard InChI is InChI=1S/C28H36N5O7P/c1-6-37-16-23-31-24-25(21-14-10-11-15-22(21)30-26(24)29)33(23)17-28(5,35)40-41(36,39-20-12-8-7-9-13-20)32-19(4)27(34)38-18(2)3/h7-15,18-19,35H,6,16-17H2,1-5H3,(H2,29,30)(H,32,36)/t19-,28?,41+/m0/s1. The topological polar surface area (TPSA) is 160 Å². The highest BCUT2D eigenvalue weighted by Crippen LogP contribution is 2.48. The van der Waals surface area contributed by atoms with Crippen LogP contribution in [0.1, 0.15) is 40.4 Å². The van der Waals surface area contributed by atoms with Crippen molar-refractivity contribution in [2.75, 3.05) is 12.3 Å². The molecule has 0 amide bonds. The van der Waals surface area contributed by atoms with E-state index in [0.29, 0.717) is 29.0 Å². The second-order valence-electron chi connectivity index (χ2n) is 9.97. The normalized spacial score (nSPS) is 15.5. The molecule has 0 aliphatic heterocycles. The number of nitrogens with one attached hydrogen (secondary N) is 1. The van der Waals surface area contributed by atoms with Crippen molar-refractivity contribution in [2.45, 2.75) is 65.7 Å². The Morgan fingerprint density at radius 1 is 1.12 bits per heavy atom. The Labute approximate surface area is 238 Å². The Morgan fingerprint density at radius 3 is 2.49 bits per heavy atom. The van der Waals surface area contributed by atoms with Crippen molar-refractivity contribution in [3.05, 3.63) is 60.4 Å². The highest BCUT2D eigenvalue weighted by atomic mass is 31.2. The van der Waals surface area contributed by atoms with Crippen LogP contribution in [0.2, 0.25) is 0 Å². The van der Waals surface area contributed by atoms with E-state index in [1.54, 1.807) is 48.7 Å². The summed E-state index contributed by atoms with van der Waals surface area (Å²) in [5.41, 5.74) is 7.94. The van der Waals surface area contributed by atoms with Gasteiger partial charge in [0.2, 0.25) is 0 Å². The van der Waals surface area contributed by atoms with Crippen LogP contribution < -0.4 is 15.3 Å². The Hall–Kier alpha value is -3.54. The molecule has 4 aromatic rings. The third-order valence-electron chi connectivity index (χ3n) is 5.92. The number of esters is 1. The molecule has 0 aliphatic carbocycles. The molecule has 0 bridgehead atoms. The number of carbonyl (C=O) groups excluding carboxylic acids is 1. The molecule has 2 heterocycles. The fourth-order valence-electron chi connectivity index (χ4n) is 4.28. The summed E-state index contributed by atoms with van der Waals surface area (Å²) in [6.45, 7) is 8.37. The van der Waals surface area contributed by atoms with E-state index in [9.17, 15) is 14.5 Å². The van der Waals surface area contributed by atoms with Crippen LogP contribution in [0.25, 0.3) is 21.9 Å². The first-order valence-corrected chi connectivity index (χ1v) is 14.8. The maximum Gasteiger partial charge on any atom is 0.462 e. The number of hydrogen-bond acceptors (Lipinski definition) is 10. The molecule has 13 heteroatoms. The number of para-hydroxylation sites is 2. The summed E-state index contributed by atoms with van der Waals surface area (Å²) in [7, 11) is -4.39. The number of aromatic nitrogens is 3. The molecule has 0 saturated heterocycles. The number of anilines is 1. The highest BCUT2D eigenvalue weighted by Gasteiger charge is 2.40. The van der Waals surface area contributed by atoms with Crippen LogP contribution in [-0.2, 0) is 36.5 Å². The lowest BCUT2D eigenvalue weighted by Crippen LogP contribution is -2.40. The molecule has 220 valence electrons. The quantitative estimate of drug-likeness (QED) is 0.115. The minimum Gasteiger partial charge on any atom is -0.462 e. The number of fused-ring (bicyclic) bond motifs is 3. The summed E-state index contributed by atoms with van der Waals surface area (Å²) >= 11 is 0. The van der Waals surface area contributed by atoms with Gasteiger partial charge in [-0.3, -0.25) is 9.32 Å². The Kier molecular flexibility index (Phi) is 9.31. The third kappa shape index (κ3) is 7.41. The smallest absolute Gasteiger partial charge is 0.462 e. The van der Waals surface area contributed by atoms with Crippen LogP contribution in [0.5, 0.6) is 5.75 Å². The predicted octanol–water partition coefficient (Wildman–Crippen LogP) is 4.55. The molecule has 2 aromatic carbocycles. The summed E-state index contributed by atoms with van der Waals surface area (Å²) in [6.07, 6.45) is -0.389. The van der Waals surface area contributed by atoms with Crippen LogP contribution >= 0.6 is 7.75 Å². The largest absolute Gasteiger partial charge is 0.462 e. The summed E-state index contributed by atoms with van der Waals surface area (Å²) in [5.74, 6) is -1.89. The maximum absolute atomic E-state index is 14.1. The van der Waals surface area contributed by atoms with Gasteiger partial charge in [-0.15, -0.1) is 0 Å². The number of carbonyl (C=O) groups is 1. The molecule has 1 unspecified atom stereocenters. The molecule has 0 radical (unpaired) electrons. The van der Waals surface area contributed by atoms with E-state index in [4.69, 9.17) is 24.3 Å². The van der Waals surface area contributed by atoms with Gasteiger partial charge in [0.25, 0.3) is 0 Å². The monoisotopic (exact) mass is 585 g/mol. The number of ether oxygens (including phenoxy) is 2. The summed E-state index contributed by atoms with van der Waals surface area (Å²) in [6, 6.07) is 14.6. The molecule has 12 nitrogen and oxygen atoms in total. The Balaban J connectivity index is 1.73. The molecule has 4 N–H and O–H groups in total. The van der Waals surface area contributed by atoms with Crippen molar-refractivity contribution < 1.29 is 33.0 Å². The van der Waals surface area contributed by atoms with E-state index in [-0.39, 0.29) is 30.8 Å². The Bertz CT molecular complexity index is 1560. The van der Waals surface area contributed by atoms with Crippen molar-refractivity contribution in [1.82, 2.24) is 19.6 Å². The lowest BCUT2D eigenvalue weighted by atomic mass is 10.2. The molecule has 3 atom stereocenters. The first-order chi connectivity index (χ1) is 19.4. The maximum atomic E-state index is 14.1. The zero-order valence-corrected chi connectivity index (χ0v) is 24.6. The van der Waals surface area contributed by atoms with Crippen molar-refractivity contribution in [3.8, 4) is 5.75 Å². The van der Waals surface area contributed by atoms with E-state index >= 15 is 0 Å². The number of aliphatic hydroxyl groups is 1. The van der Waals surface area contributed by atoms with E-state index in [1.807, 2.05) is 31.2 Å². The van der Waals surface area contributed by atoms with E-state index < -0.39 is 25.5 Å². The van der Waals surface area contributed by atoms with Gasteiger partial charge in [0.1, 0.15) is 29.7 Å². The fourth-order valence-corrected chi connectivity index (χ4v) is 5.97. The van der Waals surface area contributed by atoms with Crippen LogP contribution in [0, 0.1) is 0 Å². The van der Waals surface area contributed by atoms with Gasteiger partial charge in [-0.1, -0.05) is 36.4 Å². The van der Waals surface area contributed by atoms with Gasteiger partial charge in [-0.25, -0.2) is 14.5 Å². The number of imidazole rings is 1. The second-order valence-corrected chi connectivity index (χ2v) is 11.6. The molecule has 4 rings (SSSR count). The first kappa shape index (κ1) is 30.4. The average Bonchev–Trinajstić information content (AvgIpc) is 3.25. The molecule has 0 saturated carbocycles. The lowest BCUT2D eigenvalue weighted by Gasteiger charge is -2.31. The van der Waals surface area contributed by atoms with Gasteiger partial charge in [0, 0.05) is 12.0 Å². The van der Waals surface area contributed by atoms with Crippen molar-refractivity contribution in [2.24, 2.45) is 0 Å². The Morgan fingerprint density at radius 2 is 1.80 bits per heavy atom. The van der Waals surface area contributed by atoms with Gasteiger partial charge in [-0.2, -0.15) is 5.09 Å². The molecular weight excluding hydrogens is 549 g/mol. The van der Waals surface area contributed by atoms with E-state index in [2.05, 4.69) is 15.1 Å². The number of hydrogen-bond donors (Lipinski definition) is 3. The van der Waals surface area contributed by atoms with Crippen molar-refractivity contribution in [1.29, 1.82) is 0 Å². The number of rotatable bonds is 13. The number of pyridine rings is 1. The van der Waals surface area contributed by atoms with Crippen LogP contribution in [0.4, 0.5) is 5.82 Å². The minimum absolute atomic E-state index is 0.115. The molecule has 0 aliphatic rings. The van der Waals surface area contributed by atoms with Crippen LogP contribution in [0.15, 0.2) is 54.6 Å². The van der Waals surface area contributed by atoms with E-state index in [1.165, 1.54) is 13.8 Å². The van der Waals surface area contributed by atoms with Crippen LogP contribution in [0.3, 0.4) is 0 Å². The van der Waals surface area contributed by atoms with Gasteiger partial charge < -0.3 is 29.4 Å². The summed E-state index contributed by atoms with van der Waals surface area (Å²) in [4.78, 5) is 21.6. The van der Waals surface area contributed by atoms with Crippen molar-refractivity contribution in [3.63, 3.8) is 0 Å². The summed E-state index contributed by atoms with van der Waals surface area (Å²) in [5, 5.41) is 14.9. The average molecular weight is 586 g/mol. The van der Waals surface area contributed by atoms with Crippen LogP contribution in [-0.4, -0.2) is 50.2 Å². The summed E-state index contributed by atoms with van der Waals surface area (Å²) < 4.78 is 38.2. The second kappa shape index (κ2) is 12.5.